The molecule has 0 aromatic heterocycles. The minimum absolute atomic E-state index is 0.0202. The third kappa shape index (κ3) is 3.42. The molecule has 0 spiro atoms. The predicted octanol–water partition coefficient (Wildman–Crippen LogP) is 4.27. The summed E-state index contributed by atoms with van der Waals surface area (Å²) in [4.78, 5) is 0. The van der Waals surface area contributed by atoms with Crippen LogP contribution in [0.2, 0.25) is 18.1 Å². The van der Waals surface area contributed by atoms with E-state index >= 15 is 0 Å². The van der Waals surface area contributed by atoms with Gasteiger partial charge in [-0.3, -0.25) is 0 Å². The highest BCUT2D eigenvalue weighted by molar-refractivity contribution is 9.10. The molecule has 1 fully saturated rings. The van der Waals surface area contributed by atoms with E-state index in [2.05, 4.69) is 49.8 Å². The Labute approximate surface area is 136 Å². The molecule has 1 aromatic carbocycles. The number of epoxide rings is 1. The van der Waals surface area contributed by atoms with Gasteiger partial charge in [-0.2, -0.15) is 0 Å². The lowest BCUT2D eigenvalue weighted by atomic mass is 9.97. The zero-order valence-corrected chi connectivity index (χ0v) is 16.0. The average molecular weight is 373 g/mol. The van der Waals surface area contributed by atoms with Crippen LogP contribution in [0, 0.1) is 0 Å². The van der Waals surface area contributed by atoms with Gasteiger partial charge in [0, 0.05) is 4.47 Å². The van der Waals surface area contributed by atoms with Crippen LogP contribution in [0.15, 0.2) is 28.7 Å². The highest BCUT2D eigenvalue weighted by Crippen LogP contribution is 2.49. The summed E-state index contributed by atoms with van der Waals surface area (Å²) in [6.45, 7) is 11.6. The van der Waals surface area contributed by atoms with Gasteiger partial charge in [-0.1, -0.05) is 54.9 Å². The van der Waals surface area contributed by atoms with Gasteiger partial charge >= 0.3 is 0 Å². The van der Waals surface area contributed by atoms with Crippen LogP contribution in [0.4, 0.5) is 0 Å². The Kier molecular flexibility index (Phi) is 4.72. The van der Waals surface area contributed by atoms with Crippen LogP contribution in [-0.2, 0) is 9.16 Å². The van der Waals surface area contributed by atoms with E-state index in [9.17, 15) is 5.11 Å². The van der Waals surface area contributed by atoms with E-state index in [0.29, 0.717) is 6.61 Å². The van der Waals surface area contributed by atoms with Gasteiger partial charge in [-0.15, -0.1) is 0 Å². The Morgan fingerprint density at radius 3 is 2.38 bits per heavy atom. The fraction of sp³-hybridized carbons (Fsp3) is 0.625. The number of rotatable bonds is 5. The van der Waals surface area contributed by atoms with Crippen LogP contribution in [0.25, 0.3) is 0 Å². The number of hydrogen-bond donors (Lipinski definition) is 1. The van der Waals surface area contributed by atoms with Crippen molar-refractivity contribution in [2.24, 2.45) is 0 Å². The number of halogens is 1. The van der Waals surface area contributed by atoms with Gasteiger partial charge < -0.3 is 14.3 Å². The Morgan fingerprint density at radius 2 is 1.95 bits per heavy atom. The quantitative estimate of drug-likeness (QED) is 0.619. The summed E-state index contributed by atoms with van der Waals surface area (Å²) in [5.74, 6) is 0. The number of benzene rings is 1. The summed E-state index contributed by atoms with van der Waals surface area (Å²) in [6.07, 6.45) is -0.237. The van der Waals surface area contributed by atoms with Crippen molar-refractivity contribution < 1.29 is 14.3 Å². The normalized spacial score (nSPS) is 24.0. The summed E-state index contributed by atoms with van der Waals surface area (Å²) in [7, 11) is -1.97. The van der Waals surface area contributed by atoms with Crippen LogP contribution in [0.1, 0.15) is 32.4 Å². The van der Waals surface area contributed by atoms with Gasteiger partial charge in [-0.25, -0.2) is 0 Å². The second kappa shape index (κ2) is 5.78. The molecule has 0 saturated carbocycles. The molecule has 1 saturated heterocycles. The van der Waals surface area contributed by atoms with Crippen molar-refractivity contribution in [3.05, 3.63) is 34.3 Å². The van der Waals surface area contributed by atoms with Crippen molar-refractivity contribution in [3.8, 4) is 0 Å². The predicted molar refractivity (Wildman–Crippen MR) is 90.9 cm³/mol. The molecular weight excluding hydrogens is 348 g/mol. The first-order chi connectivity index (χ1) is 9.63. The van der Waals surface area contributed by atoms with Crippen molar-refractivity contribution in [2.75, 3.05) is 13.2 Å². The summed E-state index contributed by atoms with van der Waals surface area (Å²) >= 11 is 3.60. The second-order valence-corrected chi connectivity index (χ2v) is 12.9. The van der Waals surface area contributed by atoms with Crippen molar-refractivity contribution in [1.82, 2.24) is 0 Å². The van der Waals surface area contributed by atoms with Gasteiger partial charge in [0.2, 0.25) is 0 Å². The van der Waals surface area contributed by atoms with E-state index < -0.39 is 13.9 Å². The topological polar surface area (TPSA) is 42.0 Å². The Balaban J connectivity index is 2.38. The molecule has 21 heavy (non-hydrogen) atoms. The first-order valence-electron chi connectivity index (χ1n) is 7.30. The first kappa shape index (κ1) is 17.2. The summed E-state index contributed by atoms with van der Waals surface area (Å²) in [6, 6.07) is 8.03. The lowest BCUT2D eigenvalue weighted by Crippen LogP contribution is -2.45. The summed E-state index contributed by atoms with van der Waals surface area (Å²) < 4.78 is 13.2. The van der Waals surface area contributed by atoms with E-state index in [1.807, 2.05) is 24.3 Å². The Morgan fingerprint density at radius 1 is 1.38 bits per heavy atom. The van der Waals surface area contributed by atoms with Gasteiger partial charge in [0.1, 0.15) is 11.7 Å². The molecule has 0 unspecified atom stereocenters. The molecule has 1 aliphatic heterocycles. The second-order valence-electron chi connectivity index (χ2n) is 7.29. The van der Waals surface area contributed by atoms with E-state index in [1.54, 1.807) is 0 Å². The smallest absolute Gasteiger partial charge is 0.193 e. The third-order valence-corrected chi connectivity index (χ3v) is 9.83. The number of ether oxygens (including phenoxy) is 1. The highest BCUT2D eigenvalue weighted by Gasteiger charge is 2.55. The van der Waals surface area contributed by atoms with Gasteiger partial charge in [0.25, 0.3) is 0 Å². The number of aliphatic hydroxyl groups excluding tert-OH is 1. The maximum absolute atomic E-state index is 9.77. The zero-order valence-electron chi connectivity index (χ0n) is 13.4. The SMILES string of the molecule is CC(C)(C)[Si](C)(C)O[C@H](c1ccccc1Br)[C@@]1(CO)CO1. The molecule has 2 atom stereocenters. The molecule has 1 aromatic rings. The van der Waals surface area contributed by atoms with E-state index in [-0.39, 0.29) is 17.7 Å². The van der Waals surface area contributed by atoms with Crippen LogP contribution in [0.5, 0.6) is 0 Å². The molecule has 0 radical (unpaired) electrons. The summed E-state index contributed by atoms with van der Waals surface area (Å²) in [5, 5.41) is 9.88. The Bertz CT molecular complexity index is 506. The molecule has 118 valence electrons. The molecule has 1 N–H and O–H groups in total. The fourth-order valence-electron chi connectivity index (χ4n) is 2.03. The monoisotopic (exact) mass is 372 g/mol. The lowest BCUT2D eigenvalue weighted by molar-refractivity contribution is 0.0430. The van der Waals surface area contributed by atoms with Gasteiger partial charge in [-0.05, 0) is 29.8 Å². The Hall–Kier alpha value is -0.203. The van der Waals surface area contributed by atoms with E-state index in [1.165, 1.54) is 0 Å². The molecule has 1 aliphatic rings. The molecule has 0 aliphatic carbocycles. The van der Waals surface area contributed by atoms with Crippen LogP contribution in [-0.4, -0.2) is 32.2 Å². The van der Waals surface area contributed by atoms with Gasteiger partial charge in [0.05, 0.1) is 13.2 Å². The molecule has 2 rings (SSSR count). The number of aliphatic hydroxyl groups is 1. The lowest BCUT2D eigenvalue weighted by Gasteiger charge is -2.41. The molecule has 0 bridgehead atoms. The molecule has 0 amide bonds. The standard InChI is InChI=1S/C16H25BrO3Si/c1-15(2,3)21(4,5)20-14(16(10-18)11-19-16)12-8-6-7-9-13(12)17/h6-9,14,18H,10-11H2,1-5H3/t14-,16-/m1/s1. The maximum atomic E-state index is 9.77. The highest BCUT2D eigenvalue weighted by atomic mass is 79.9. The largest absolute Gasteiger partial charge is 0.407 e. The third-order valence-electron chi connectivity index (χ3n) is 4.67. The van der Waals surface area contributed by atoms with Crippen molar-refractivity contribution in [1.29, 1.82) is 0 Å². The van der Waals surface area contributed by atoms with E-state index in [0.717, 1.165) is 10.0 Å². The van der Waals surface area contributed by atoms with Gasteiger partial charge in [0.15, 0.2) is 8.32 Å². The molecule has 1 heterocycles. The van der Waals surface area contributed by atoms with Crippen molar-refractivity contribution >= 4 is 24.2 Å². The minimum Gasteiger partial charge on any atom is -0.407 e. The molecular formula is C16H25BrO3Si. The van der Waals surface area contributed by atoms with Crippen molar-refractivity contribution in [3.63, 3.8) is 0 Å². The fourth-order valence-corrected chi connectivity index (χ4v) is 3.81. The van der Waals surface area contributed by atoms with Crippen LogP contribution in [0.3, 0.4) is 0 Å². The van der Waals surface area contributed by atoms with Crippen LogP contribution >= 0.6 is 15.9 Å². The van der Waals surface area contributed by atoms with Crippen LogP contribution < -0.4 is 0 Å². The average Bonchev–Trinajstić information content (AvgIpc) is 3.16. The maximum Gasteiger partial charge on any atom is 0.193 e. The van der Waals surface area contributed by atoms with E-state index in [4.69, 9.17) is 9.16 Å². The first-order valence-corrected chi connectivity index (χ1v) is 11.0. The minimum atomic E-state index is -1.97. The summed E-state index contributed by atoms with van der Waals surface area (Å²) in [5.41, 5.74) is 0.466. The molecule has 5 heteroatoms. The zero-order chi connectivity index (χ0) is 15.9. The van der Waals surface area contributed by atoms with Crippen molar-refractivity contribution in [2.45, 2.75) is 50.6 Å². The molecule has 3 nitrogen and oxygen atoms in total. The number of hydrogen-bond acceptors (Lipinski definition) is 3.